The second-order valence-corrected chi connectivity index (χ2v) is 3.69. The third-order valence-electron chi connectivity index (χ3n) is 2.42. The topological polar surface area (TPSA) is 34.1 Å². The molecule has 2 rings (SSSR count). The van der Waals surface area contributed by atoms with Crippen LogP contribution in [0.25, 0.3) is 0 Å². The summed E-state index contributed by atoms with van der Waals surface area (Å²) < 4.78 is 31.2. The Morgan fingerprint density at radius 1 is 1.22 bits per heavy atom. The van der Waals surface area contributed by atoms with Gasteiger partial charge in [0.25, 0.3) is 0 Å². The molecule has 0 spiro atoms. The number of methoxy groups -OCH3 is 1. The van der Waals surface area contributed by atoms with Gasteiger partial charge in [0.15, 0.2) is 0 Å². The fourth-order valence-electron chi connectivity index (χ4n) is 1.47. The van der Waals surface area contributed by atoms with Gasteiger partial charge < -0.3 is 10.1 Å². The Morgan fingerprint density at radius 3 is 2.72 bits per heavy atom. The number of pyridine rings is 1. The SMILES string of the molecule is COc1ccc(CNc2cc(F)ccc2F)cn1. The number of rotatable bonds is 4. The third kappa shape index (κ3) is 2.94. The maximum atomic E-state index is 13.3. The Balaban J connectivity index is 2.04. The normalized spacial score (nSPS) is 10.2. The highest BCUT2D eigenvalue weighted by atomic mass is 19.1. The van der Waals surface area contributed by atoms with Crippen molar-refractivity contribution in [2.45, 2.75) is 6.54 Å². The Hall–Kier alpha value is -2.17. The van der Waals surface area contributed by atoms with Gasteiger partial charge in [-0.25, -0.2) is 13.8 Å². The minimum atomic E-state index is -0.488. The number of nitrogens with one attached hydrogen (secondary N) is 1. The number of aromatic nitrogens is 1. The molecule has 0 bridgehead atoms. The van der Waals surface area contributed by atoms with E-state index in [4.69, 9.17) is 4.74 Å². The minimum absolute atomic E-state index is 0.130. The summed E-state index contributed by atoms with van der Waals surface area (Å²) in [5.41, 5.74) is 0.977. The van der Waals surface area contributed by atoms with Crippen LogP contribution in [0.2, 0.25) is 0 Å². The summed E-state index contributed by atoms with van der Waals surface area (Å²) in [5.74, 6) is -0.458. The van der Waals surface area contributed by atoms with Gasteiger partial charge >= 0.3 is 0 Å². The maximum Gasteiger partial charge on any atom is 0.212 e. The number of ether oxygens (including phenoxy) is 1. The predicted molar refractivity (Wildman–Crippen MR) is 64.5 cm³/mol. The lowest BCUT2D eigenvalue weighted by Crippen LogP contribution is -2.02. The van der Waals surface area contributed by atoms with Crippen molar-refractivity contribution in [3.63, 3.8) is 0 Å². The summed E-state index contributed by atoms with van der Waals surface area (Å²) in [4.78, 5) is 4.02. The monoisotopic (exact) mass is 250 g/mol. The zero-order valence-corrected chi connectivity index (χ0v) is 9.78. The van der Waals surface area contributed by atoms with E-state index in [9.17, 15) is 8.78 Å². The largest absolute Gasteiger partial charge is 0.481 e. The molecule has 18 heavy (non-hydrogen) atoms. The first-order chi connectivity index (χ1) is 8.69. The van der Waals surface area contributed by atoms with Crippen molar-refractivity contribution < 1.29 is 13.5 Å². The van der Waals surface area contributed by atoms with Gasteiger partial charge in [-0.15, -0.1) is 0 Å². The van der Waals surface area contributed by atoms with E-state index in [0.717, 1.165) is 23.8 Å². The first-order valence-corrected chi connectivity index (χ1v) is 5.37. The van der Waals surface area contributed by atoms with Gasteiger partial charge in [0.1, 0.15) is 11.6 Å². The van der Waals surface area contributed by atoms with E-state index in [1.165, 1.54) is 7.11 Å². The summed E-state index contributed by atoms with van der Waals surface area (Å²) in [5, 5.41) is 2.81. The van der Waals surface area contributed by atoms with Crippen LogP contribution in [0, 0.1) is 11.6 Å². The van der Waals surface area contributed by atoms with Gasteiger partial charge in [-0.2, -0.15) is 0 Å². The van der Waals surface area contributed by atoms with E-state index in [2.05, 4.69) is 10.3 Å². The number of benzene rings is 1. The van der Waals surface area contributed by atoms with Crippen molar-refractivity contribution in [2.24, 2.45) is 0 Å². The van der Waals surface area contributed by atoms with Gasteiger partial charge in [-0.3, -0.25) is 0 Å². The number of nitrogens with zero attached hydrogens (tertiary/aromatic N) is 1. The quantitative estimate of drug-likeness (QED) is 0.905. The van der Waals surface area contributed by atoms with Crippen LogP contribution in [-0.2, 0) is 6.54 Å². The highest BCUT2D eigenvalue weighted by Crippen LogP contribution is 2.16. The molecule has 3 nitrogen and oxygen atoms in total. The van der Waals surface area contributed by atoms with Crippen LogP contribution in [-0.4, -0.2) is 12.1 Å². The van der Waals surface area contributed by atoms with Gasteiger partial charge in [-0.1, -0.05) is 6.07 Å². The lowest BCUT2D eigenvalue weighted by atomic mass is 10.2. The van der Waals surface area contributed by atoms with Crippen molar-refractivity contribution in [1.29, 1.82) is 0 Å². The van der Waals surface area contributed by atoms with Gasteiger partial charge in [-0.05, 0) is 23.8 Å². The first kappa shape index (κ1) is 12.3. The summed E-state index contributed by atoms with van der Waals surface area (Å²) >= 11 is 0. The third-order valence-corrected chi connectivity index (χ3v) is 2.42. The minimum Gasteiger partial charge on any atom is -0.481 e. The van der Waals surface area contributed by atoms with E-state index in [1.54, 1.807) is 18.3 Å². The van der Waals surface area contributed by atoms with E-state index in [0.29, 0.717) is 12.4 Å². The van der Waals surface area contributed by atoms with Crippen LogP contribution in [0.15, 0.2) is 36.5 Å². The van der Waals surface area contributed by atoms with E-state index < -0.39 is 11.6 Å². The van der Waals surface area contributed by atoms with Gasteiger partial charge in [0.05, 0.1) is 12.8 Å². The molecule has 1 aromatic carbocycles. The molecule has 5 heteroatoms. The zero-order valence-electron chi connectivity index (χ0n) is 9.78. The molecule has 2 aromatic rings. The molecule has 0 amide bonds. The average molecular weight is 250 g/mol. The lowest BCUT2D eigenvalue weighted by molar-refractivity contribution is 0.397. The molecule has 1 heterocycles. The maximum absolute atomic E-state index is 13.3. The van der Waals surface area contributed by atoms with Crippen LogP contribution in [0.5, 0.6) is 5.88 Å². The molecular weight excluding hydrogens is 238 g/mol. The second-order valence-electron chi connectivity index (χ2n) is 3.69. The Morgan fingerprint density at radius 2 is 2.06 bits per heavy atom. The molecule has 94 valence electrons. The Labute approximate surface area is 103 Å². The first-order valence-electron chi connectivity index (χ1n) is 5.37. The van der Waals surface area contributed by atoms with Gasteiger partial charge in [0, 0.05) is 18.8 Å². The number of halogens is 2. The molecule has 0 aliphatic carbocycles. The standard InChI is InChI=1S/C13H12F2N2O/c1-18-13-5-2-9(8-17-13)7-16-12-6-10(14)3-4-11(12)15/h2-6,8,16H,7H2,1H3. The Bertz CT molecular complexity index is 529. The van der Waals surface area contributed by atoms with Crippen molar-refractivity contribution in [3.8, 4) is 5.88 Å². The molecule has 1 N–H and O–H groups in total. The summed E-state index contributed by atoms with van der Waals surface area (Å²) in [7, 11) is 1.53. The van der Waals surface area contributed by atoms with Crippen molar-refractivity contribution in [2.75, 3.05) is 12.4 Å². The molecule has 0 unspecified atom stereocenters. The highest BCUT2D eigenvalue weighted by Gasteiger charge is 2.03. The molecule has 0 fully saturated rings. The predicted octanol–water partition coefficient (Wildman–Crippen LogP) is 2.98. The second kappa shape index (κ2) is 5.44. The summed E-state index contributed by atoms with van der Waals surface area (Å²) in [6, 6.07) is 6.79. The van der Waals surface area contributed by atoms with E-state index in [-0.39, 0.29) is 5.69 Å². The van der Waals surface area contributed by atoms with Crippen LogP contribution in [0.1, 0.15) is 5.56 Å². The van der Waals surface area contributed by atoms with E-state index >= 15 is 0 Å². The molecule has 1 aromatic heterocycles. The molecular formula is C13H12F2N2O. The van der Waals surface area contributed by atoms with Gasteiger partial charge in [0.2, 0.25) is 5.88 Å². The molecule has 0 atom stereocenters. The van der Waals surface area contributed by atoms with Crippen molar-refractivity contribution in [1.82, 2.24) is 4.98 Å². The molecule has 0 saturated carbocycles. The van der Waals surface area contributed by atoms with Crippen LogP contribution >= 0.6 is 0 Å². The summed E-state index contributed by atoms with van der Waals surface area (Å²) in [6.07, 6.45) is 1.61. The molecule has 0 aliphatic heterocycles. The number of hydrogen-bond acceptors (Lipinski definition) is 3. The number of hydrogen-bond donors (Lipinski definition) is 1. The zero-order chi connectivity index (χ0) is 13.0. The Kier molecular flexibility index (Phi) is 3.72. The molecule has 0 aliphatic rings. The van der Waals surface area contributed by atoms with Crippen LogP contribution in [0.3, 0.4) is 0 Å². The van der Waals surface area contributed by atoms with Crippen molar-refractivity contribution in [3.05, 3.63) is 53.7 Å². The summed E-state index contributed by atoms with van der Waals surface area (Å²) in [6.45, 7) is 0.358. The fourth-order valence-corrected chi connectivity index (χ4v) is 1.47. The lowest BCUT2D eigenvalue weighted by Gasteiger charge is -2.08. The molecule has 0 radical (unpaired) electrons. The fraction of sp³-hybridized carbons (Fsp3) is 0.154. The highest BCUT2D eigenvalue weighted by molar-refractivity contribution is 5.45. The molecule has 0 saturated heterocycles. The number of anilines is 1. The van der Waals surface area contributed by atoms with E-state index in [1.807, 2.05) is 0 Å². The van der Waals surface area contributed by atoms with Crippen LogP contribution in [0.4, 0.5) is 14.5 Å². The average Bonchev–Trinajstić information content (AvgIpc) is 2.40. The van der Waals surface area contributed by atoms with Crippen LogP contribution < -0.4 is 10.1 Å². The smallest absolute Gasteiger partial charge is 0.212 e. The van der Waals surface area contributed by atoms with Crippen molar-refractivity contribution >= 4 is 5.69 Å².